The summed E-state index contributed by atoms with van der Waals surface area (Å²) in [5.41, 5.74) is 0.812. The summed E-state index contributed by atoms with van der Waals surface area (Å²) in [7, 11) is 0. The minimum absolute atomic E-state index is 0.130. The van der Waals surface area contributed by atoms with Crippen LogP contribution in [-0.2, 0) is 6.61 Å². The van der Waals surface area contributed by atoms with E-state index in [9.17, 15) is 9.90 Å². The number of aromatic hydroxyl groups is 1. The highest BCUT2D eigenvalue weighted by Crippen LogP contribution is 2.29. The van der Waals surface area contributed by atoms with Gasteiger partial charge in [0, 0.05) is 5.56 Å². The number of rotatable bonds is 4. The quantitative estimate of drug-likeness (QED) is 0.905. The molecule has 0 unspecified atom stereocenters. The lowest BCUT2D eigenvalue weighted by Crippen LogP contribution is -2.05. The smallest absolute Gasteiger partial charge is 0.336 e. The van der Waals surface area contributed by atoms with Crippen LogP contribution in [0.25, 0.3) is 0 Å². The van der Waals surface area contributed by atoms with Gasteiger partial charge in [0.1, 0.15) is 18.1 Å². The monoisotopic (exact) mass is 322 g/mol. The first-order chi connectivity index (χ1) is 9.08. The van der Waals surface area contributed by atoms with Crippen molar-refractivity contribution in [1.82, 2.24) is 0 Å². The van der Waals surface area contributed by atoms with E-state index in [1.165, 1.54) is 18.2 Å². The molecule has 0 radical (unpaired) electrons. The van der Waals surface area contributed by atoms with Gasteiger partial charge in [-0.1, -0.05) is 18.2 Å². The van der Waals surface area contributed by atoms with Crippen LogP contribution in [0, 0.1) is 0 Å². The van der Waals surface area contributed by atoms with E-state index < -0.39 is 5.97 Å². The number of carboxylic acid groups (broad SMARTS) is 1. The van der Waals surface area contributed by atoms with E-state index in [0.29, 0.717) is 15.8 Å². The predicted molar refractivity (Wildman–Crippen MR) is 73.5 cm³/mol. The first-order valence-corrected chi connectivity index (χ1v) is 6.30. The van der Waals surface area contributed by atoms with E-state index in [1.807, 2.05) is 0 Å². The third-order valence-corrected chi connectivity index (χ3v) is 3.17. The van der Waals surface area contributed by atoms with Gasteiger partial charge in [-0.05, 0) is 40.2 Å². The summed E-state index contributed by atoms with van der Waals surface area (Å²) >= 11 is 3.27. The molecule has 0 saturated heterocycles. The second-order valence-electron chi connectivity index (χ2n) is 3.87. The number of phenolic OH excluding ortho intramolecular Hbond substituents is 1. The van der Waals surface area contributed by atoms with E-state index in [0.717, 1.165) is 0 Å². The van der Waals surface area contributed by atoms with Crippen molar-refractivity contribution < 1.29 is 19.7 Å². The lowest BCUT2D eigenvalue weighted by molar-refractivity contribution is 0.0694. The highest BCUT2D eigenvalue weighted by Gasteiger charge is 2.10. The largest absolute Gasteiger partial charge is 0.508 e. The Kier molecular flexibility index (Phi) is 4.06. The van der Waals surface area contributed by atoms with E-state index >= 15 is 0 Å². The predicted octanol–water partition coefficient (Wildman–Crippen LogP) is 3.43. The lowest BCUT2D eigenvalue weighted by atomic mass is 10.1. The summed E-state index contributed by atoms with van der Waals surface area (Å²) in [5, 5.41) is 18.3. The molecule has 0 amide bonds. The van der Waals surface area contributed by atoms with Crippen molar-refractivity contribution in [2.75, 3.05) is 0 Å². The molecule has 2 N–H and O–H groups in total. The second kappa shape index (κ2) is 5.75. The van der Waals surface area contributed by atoms with Gasteiger partial charge in [0.15, 0.2) is 0 Å². The SMILES string of the molecule is O=C(O)c1ccccc1COc1ccc(O)cc1Br. The first kappa shape index (κ1) is 13.4. The van der Waals surface area contributed by atoms with Crippen LogP contribution >= 0.6 is 15.9 Å². The molecule has 0 aromatic heterocycles. The lowest BCUT2D eigenvalue weighted by Gasteiger charge is -2.10. The van der Waals surface area contributed by atoms with Crippen LogP contribution in [0.5, 0.6) is 11.5 Å². The van der Waals surface area contributed by atoms with Gasteiger partial charge in [0.2, 0.25) is 0 Å². The molecule has 0 aliphatic heterocycles. The van der Waals surface area contributed by atoms with E-state index in [4.69, 9.17) is 9.84 Å². The van der Waals surface area contributed by atoms with Gasteiger partial charge >= 0.3 is 5.97 Å². The van der Waals surface area contributed by atoms with Crippen molar-refractivity contribution in [2.24, 2.45) is 0 Å². The topological polar surface area (TPSA) is 66.8 Å². The molecule has 0 atom stereocenters. The number of carboxylic acids is 1. The molecule has 2 aromatic rings. The third-order valence-electron chi connectivity index (χ3n) is 2.55. The molecule has 0 saturated carbocycles. The molecule has 19 heavy (non-hydrogen) atoms. The van der Waals surface area contributed by atoms with Gasteiger partial charge in [-0.15, -0.1) is 0 Å². The first-order valence-electron chi connectivity index (χ1n) is 5.50. The summed E-state index contributed by atoms with van der Waals surface area (Å²) in [4.78, 5) is 11.0. The van der Waals surface area contributed by atoms with Crippen LogP contribution < -0.4 is 4.74 Å². The van der Waals surface area contributed by atoms with Crippen LogP contribution in [-0.4, -0.2) is 16.2 Å². The minimum atomic E-state index is -0.982. The Labute approximate surface area is 118 Å². The van der Waals surface area contributed by atoms with Gasteiger partial charge in [-0.3, -0.25) is 0 Å². The van der Waals surface area contributed by atoms with Gasteiger partial charge < -0.3 is 14.9 Å². The molecule has 0 aliphatic carbocycles. The maximum atomic E-state index is 11.0. The fourth-order valence-corrected chi connectivity index (χ4v) is 2.10. The normalized spacial score (nSPS) is 10.2. The molecule has 0 bridgehead atoms. The van der Waals surface area contributed by atoms with Gasteiger partial charge in [-0.25, -0.2) is 4.79 Å². The Hall–Kier alpha value is -2.01. The summed E-state index contributed by atoms with van der Waals surface area (Å²) in [6.07, 6.45) is 0. The number of hydrogen-bond acceptors (Lipinski definition) is 3. The van der Waals surface area contributed by atoms with Gasteiger partial charge in [0.25, 0.3) is 0 Å². The average molecular weight is 323 g/mol. The molecule has 2 rings (SSSR count). The maximum absolute atomic E-state index is 11.0. The second-order valence-corrected chi connectivity index (χ2v) is 4.72. The molecular formula is C14H11BrO4. The Balaban J connectivity index is 2.17. The summed E-state index contributed by atoms with van der Waals surface area (Å²) < 4.78 is 6.16. The summed E-state index contributed by atoms with van der Waals surface area (Å²) in [5.74, 6) is -0.313. The summed E-state index contributed by atoms with van der Waals surface area (Å²) in [6, 6.07) is 11.3. The zero-order chi connectivity index (χ0) is 13.8. The highest BCUT2D eigenvalue weighted by molar-refractivity contribution is 9.10. The fraction of sp³-hybridized carbons (Fsp3) is 0.0714. The van der Waals surface area contributed by atoms with Crippen LogP contribution in [0.15, 0.2) is 46.9 Å². The Bertz CT molecular complexity index is 610. The number of hydrogen-bond donors (Lipinski definition) is 2. The van der Waals surface area contributed by atoms with Gasteiger partial charge in [0.05, 0.1) is 10.0 Å². The maximum Gasteiger partial charge on any atom is 0.336 e. The molecular weight excluding hydrogens is 312 g/mol. The van der Waals surface area contributed by atoms with E-state index in [-0.39, 0.29) is 17.9 Å². The zero-order valence-electron chi connectivity index (χ0n) is 9.84. The average Bonchev–Trinajstić information content (AvgIpc) is 2.38. The van der Waals surface area contributed by atoms with Crippen LogP contribution in [0.4, 0.5) is 0 Å². The standard InChI is InChI=1S/C14H11BrO4/c15-12-7-10(16)5-6-13(12)19-8-9-3-1-2-4-11(9)14(17)18/h1-7,16H,8H2,(H,17,18). The number of halogens is 1. The van der Waals surface area contributed by atoms with E-state index in [1.54, 1.807) is 24.3 Å². The number of aromatic carboxylic acids is 1. The molecule has 0 fully saturated rings. The van der Waals surface area contributed by atoms with Crippen molar-refractivity contribution in [2.45, 2.75) is 6.61 Å². The van der Waals surface area contributed by atoms with Crippen molar-refractivity contribution in [3.8, 4) is 11.5 Å². The summed E-state index contributed by atoms with van der Waals surface area (Å²) in [6.45, 7) is 0.145. The third kappa shape index (κ3) is 3.26. The Morgan fingerprint density at radius 3 is 2.63 bits per heavy atom. The zero-order valence-corrected chi connectivity index (χ0v) is 11.4. The highest BCUT2D eigenvalue weighted by atomic mass is 79.9. The molecule has 4 nitrogen and oxygen atoms in total. The Morgan fingerprint density at radius 1 is 1.21 bits per heavy atom. The van der Waals surface area contributed by atoms with Crippen LogP contribution in [0.3, 0.4) is 0 Å². The molecule has 0 spiro atoms. The van der Waals surface area contributed by atoms with Crippen LogP contribution in [0.1, 0.15) is 15.9 Å². The van der Waals surface area contributed by atoms with Crippen LogP contribution in [0.2, 0.25) is 0 Å². The number of phenols is 1. The van der Waals surface area contributed by atoms with Crippen molar-refractivity contribution in [3.63, 3.8) is 0 Å². The fourth-order valence-electron chi connectivity index (χ4n) is 1.62. The minimum Gasteiger partial charge on any atom is -0.508 e. The molecule has 0 aliphatic rings. The molecule has 98 valence electrons. The molecule has 0 heterocycles. The van der Waals surface area contributed by atoms with Crippen molar-refractivity contribution in [1.29, 1.82) is 0 Å². The van der Waals surface area contributed by atoms with E-state index in [2.05, 4.69) is 15.9 Å². The van der Waals surface area contributed by atoms with Gasteiger partial charge in [-0.2, -0.15) is 0 Å². The molecule has 2 aromatic carbocycles. The number of benzene rings is 2. The van der Waals surface area contributed by atoms with Crippen molar-refractivity contribution >= 4 is 21.9 Å². The molecule has 5 heteroatoms. The van der Waals surface area contributed by atoms with Crippen molar-refractivity contribution in [3.05, 3.63) is 58.1 Å². The Morgan fingerprint density at radius 2 is 1.95 bits per heavy atom. The number of carbonyl (C=O) groups is 1. The number of ether oxygens (including phenoxy) is 1.